The molecule has 0 aromatic heterocycles. The number of hydrogen-bond acceptors (Lipinski definition) is 7. The first-order chi connectivity index (χ1) is 17.8. The predicted octanol–water partition coefficient (Wildman–Crippen LogP) is 5.12. The van der Waals surface area contributed by atoms with Crippen molar-refractivity contribution in [2.45, 2.75) is 69.8 Å². The molecule has 1 unspecified atom stereocenters. The second-order valence-corrected chi connectivity index (χ2v) is 10.2. The molecular weight excluding hydrogens is 472 g/mol. The van der Waals surface area contributed by atoms with Crippen LogP contribution in [0.3, 0.4) is 0 Å². The lowest BCUT2D eigenvalue weighted by Crippen LogP contribution is -2.39. The van der Waals surface area contributed by atoms with Gasteiger partial charge in [0, 0.05) is 35.4 Å². The fourth-order valence-electron chi connectivity index (χ4n) is 5.98. The monoisotopic (exact) mass is 501 g/mol. The quantitative estimate of drug-likeness (QED) is 0.318. The number of benzene rings is 2. The van der Waals surface area contributed by atoms with Crippen LogP contribution in [-0.2, 0) is 14.3 Å². The molecule has 1 fully saturated rings. The molecule has 0 N–H and O–H groups in total. The van der Waals surface area contributed by atoms with Gasteiger partial charge in [0.25, 0.3) is 5.69 Å². The molecule has 5 rings (SSSR count). The van der Waals surface area contributed by atoms with Crippen molar-refractivity contribution in [3.8, 4) is 5.75 Å². The van der Waals surface area contributed by atoms with Crippen molar-refractivity contribution >= 4 is 23.2 Å². The highest BCUT2D eigenvalue weighted by molar-refractivity contribution is 6.09. The van der Waals surface area contributed by atoms with Crippen molar-refractivity contribution in [3.05, 3.63) is 81.0 Å². The number of ether oxygens (including phenoxy) is 1. The second-order valence-electron chi connectivity index (χ2n) is 10.2. The van der Waals surface area contributed by atoms with E-state index in [4.69, 9.17) is 9.73 Å². The van der Waals surface area contributed by atoms with Gasteiger partial charge in [0.15, 0.2) is 5.78 Å². The molecule has 0 spiro atoms. The summed E-state index contributed by atoms with van der Waals surface area (Å²) >= 11 is 0. The summed E-state index contributed by atoms with van der Waals surface area (Å²) in [4.78, 5) is 42.8. The molecule has 0 amide bonds. The molecule has 2 aromatic carbocycles. The molecular formula is C29H29N2O6-. The number of hydrogen-bond donors (Lipinski definition) is 0. The average molecular weight is 502 g/mol. The molecule has 0 bridgehead atoms. The van der Waals surface area contributed by atoms with Crippen molar-refractivity contribution < 1.29 is 24.4 Å². The van der Waals surface area contributed by atoms with Gasteiger partial charge >= 0.3 is 5.97 Å². The van der Waals surface area contributed by atoms with Crippen molar-refractivity contribution in [3.63, 3.8) is 0 Å². The van der Waals surface area contributed by atoms with Crippen LogP contribution in [0, 0.1) is 16.0 Å². The highest BCUT2D eigenvalue weighted by Crippen LogP contribution is 2.48. The smallest absolute Gasteiger partial charge is 0.315 e. The zero-order valence-corrected chi connectivity index (χ0v) is 20.7. The Bertz CT molecular complexity index is 1290. The Morgan fingerprint density at radius 3 is 2.46 bits per heavy atom. The van der Waals surface area contributed by atoms with E-state index in [0.717, 1.165) is 43.7 Å². The number of allylic oxidation sites excluding steroid dienone is 2. The number of aliphatic imine (C=N–C) groups is 1. The summed E-state index contributed by atoms with van der Waals surface area (Å²) in [5, 5.41) is 23.7. The van der Waals surface area contributed by atoms with Gasteiger partial charge in [-0.2, -0.15) is 0 Å². The van der Waals surface area contributed by atoms with Crippen LogP contribution in [0.1, 0.15) is 74.8 Å². The first-order valence-electron chi connectivity index (χ1n) is 12.9. The molecule has 0 saturated heterocycles. The summed E-state index contributed by atoms with van der Waals surface area (Å²) in [6, 6.07) is 13.6. The Morgan fingerprint density at radius 2 is 1.76 bits per heavy atom. The molecule has 1 saturated carbocycles. The van der Waals surface area contributed by atoms with E-state index in [1.54, 1.807) is 6.92 Å². The number of ketones is 1. The standard InChI is InChI=1S/C29H30N2O6/c1-17-26(29(34)37-21-10-6-3-7-11-21)27(19-12-13-24(32)23(15-19)31(35)36)28-22(30-17)14-20(16-25(28)33)18-8-4-2-5-9-18/h2,4-5,8-9,12-13,15,20-21,26-27,32H,3,6-7,10-11,14,16H2,1H3/p-1/t20-,26?,27+/m0/s1. The van der Waals surface area contributed by atoms with E-state index < -0.39 is 34.2 Å². The second kappa shape index (κ2) is 10.3. The van der Waals surface area contributed by atoms with Gasteiger partial charge in [0.05, 0.1) is 4.92 Å². The molecule has 192 valence electrons. The number of esters is 1. The summed E-state index contributed by atoms with van der Waals surface area (Å²) in [6.45, 7) is 1.75. The molecule has 3 atom stereocenters. The van der Waals surface area contributed by atoms with Crippen molar-refractivity contribution in [2.75, 3.05) is 0 Å². The van der Waals surface area contributed by atoms with Gasteiger partial charge in [-0.1, -0.05) is 48.9 Å². The van der Waals surface area contributed by atoms with Crippen LogP contribution in [0.2, 0.25) is 0 Å². The lowest BCUT2D eigenvalue weighted by atomic mass is 9.69. The minimum absolute atomic E-state index is 0.0475. The maximum absolute atomic E-state index is 13.7. The largest absolute Gasteiger partial charge is 0.868 e. The number of nitro groups is 1. The topological polar surface area (TPSA) is 122 Å². The highest BCUT2D eigenvalue weighted by atomic mass is 16.6. The number of carbonyl (C=O) groups excluding carboxylic acids is 2. The Balaban J connectivity index is 1.57. The highest BCUT2D eigenvalue weighted by Gasteiger charge is 2.45. The van der Waals surface area contributed by atoms with Crippen molar-refractivity contribution in [1.29, 1.82) is 0 Å². The normalized spacial score (nSPS) is 24.3. The van der Waals surface area contributed by atoms with Gasteiger partial charge in [-0.25, -0.2) is 0 Å². The Hall–Kier alpha value is -3.81. The van der Waals surface area contributed by atoms with Gasteiger partial charge in [0.1, 0.15) is 12.0 Å². The van der Waals surface area contributed by atoms with Crippen LogP contribution in [0.15, 0.2) is 64.8 Å². The van der Waals surface area contributed by atoms with E-state index in [2.05, 4.69) is 0 Å². The number of Topliss-reactive ketones (excluding diaryl/α,β-unsaturated/α-hetero) is 1. The number of rotatable bonds is 5. The average Bonchev–Trinajstić information content (AvgIpc) is 2.89. The summed E-state index contributed by atoms with van der Waals surface area (Å²) in [5.41, 5.74) is 2.35. The summed E-state index contributed by atoms with van der Waals surface area (Å²) in [5.74, 6) is -3.07. The van der Waals surface area contributed by atoms with Crippen LogP contribution >= 0.6 is 0 Å². The first-order valence-corrected chi connectivity index (χ1v) is 12.9. The van der Waals surface area contributed by atoms with Crippen LogP contribution in [0.5, 0.6) is 5.75 Å². The van der Waals surface area contributed by atoms with Gasteiger partial charge in [0.2, 0.25) is 0 Å². The van der Waals surface area contributed by atoms with Crippen molar-refractivity contribution in [1.82, 2.24) is 0 Å². The summed E-state index contributed by atoms with van der Waals surface area (Å²) in [6.07, 6.45) is 5.26. The SMILES string of the molecule is CC1=NC2=C(C(=O)C[C@@H](c3ccccc3)C2)[C@H](c2ccc([O-])c([N+](=O)[O-])c2)C1C(=O)OC1CCCCC1. The maximum atomic E-state index is 13.7. The van der Waals surface area contributed by atoms with E-state index in [-0.39, 0.29) is 24.2 Å². The van der Waals surface area contributed by atoms with Gasteiger partial charge < -0.3 is 9.84 Å². The first kappa shape index (κ1) is 24.9. The minimum Gasteiger partial charge on any atom is -0.868 e. The fraction of sp³-hybridized carbons (Fsp3) is 0.414. The van der Waals surface area contributed by atoms with E-state index in [0.29, 0.717) is 29.0 Å². The van der Waals surface area contributed by atoms with Crippen LogP contribution in [-0.4, -0.2) is 28.5 Å². The zero-order valence-electron chi connectivity index (χ0n) is 20.7. The van der Waals surface area contributed by atoms with Gasteiger partial charge in [-0.15, -0.1) is 0 Å². The summed E-state index contributed by atoms with van der Waals surface area (Å²) in [7, 11) is 0. The molecule has 2 aliphatic carbocycles. The zero-order chi connectivity index (χ0) is 26.1. The maximum Gasteiger partial charge on any atom is 0.315 e. The molecule has 8 nitrogen and oxygen atoms in total. The predicted molar refractivity (Wildman–Crippen MR) is 135 cm³/mol. The summed E-state index contributed by atoms with van der Waals surface area (Å²) < 4.78 is 5.91. The third-order valence-corrected chi connectivity index (χ3v) is 7.79. The van der Waals surface area contributed by atoms with E-state index in [1.807, 2.05) is 30.3 Å². The number of nitro benzene ring substituents is 1. The van der Waals surface area contributed by atoms with Crippen LogP contribution < -0.4 is 5.11 Å². The van der Waals surface area contributed by atoms with Gasteiger partial charge in [-0.3, -0.25) is 24.7 Å². The fourth-order valence-corrected chi connectivity index (χ4v) is 5.98. The van der Waals surface area contributed by atoms with Crippen LogP contribution in [0.25, 0.3) is 0 Å². The number of nitrogens with zero attached hydrogens (tertiary/aromatic N) is 2. The Kier molecular flexibility index (Phi) is 6.91. The number of carbonyl (C=O) groups is 2. The molecule has 0 radical (unpaired) electrons. The van der Waals surface area contributed by atoms with Crippen molar-refractivity contribution in [2.24, 2.45) is 10.9 Å². The van der Waals surface area contributed by atoms with Gasteiger partial charge in [-0.05, 0) is 61.8 Å². The molecule has 37 heavy (non-hydrogen) atoms. The molecule has 3 aliphatic rings. The third-order valence-electron chi connectivity index (χ3n) is 7.79. The van der Waals surface area contributed by atoms with E-state index >= 15 is 0 Å². The lowest BCUT2D eigenvalue weighted by Gasteiger charge is -2.37. The van der Waals surface area contributed by atoms with E-state index in [9.17, 15) is 24.8 Å². The molecule has 1 heterocycles. The minimum atomic E-state index is -0.894. The Morgan fingerprint density at radius 1 is 1.03 bits per heavy atom. The van der Waals surface area contributed by atoms with E-state index in [1.165, 1.54) is 12.1 Å². The third kappa shape index (κ3) is 4.92. The molecule has 8 heteroatoms. The Labute approximate surface area is 215 Å². The van der Waals surface area contributed by atoms with Crippen LogP contribution in [0.4, 0.5) is 5.69 Å². The lowest BCUT2D eigenvalue weighted by molar-refractivity contribution is -0.398. The molecule has 1 aliphatic heterocycles. The molecule has 2 aromatic rings.